The quantitative estimate of drug-likeness (QED) is 0.758. The first-order valence-electron chi connectivity index (χ1n) is 6.75. The second-order valence-corrected chi connectivity index (χ2v) is 5.32. The summed E-state index contributed by atoms with van der Waals surface area (Å²) < 4.78 is 0. The van der Waals surface area contributed by atoms with Gasteiger partial charge < -0.3 is 10.4 Å². The lowest BCUT2D eigenvalue weighted by Gasteiger charge is -2.33. The molecule has 92 valence electrons. The average molecular weight is 225 g/mol. The van der Waals surface area contributed by atoms with Crippen molar-refractivity contribution in [3.05, 3.63) is 0 Å². The van der Waals surface area contributed by atoms with Crippen LogP contribution in [0.5, 0.6) is 0 Å². The monoisotopic (exact) mass is 225 g/mol. The van der Waals surface area contributed by atoms with Crippen molar-refractivity contribution < 1.29 is 9.90 Å². The molecule has 0 amide bonds. The van der Waals surface area contributed by atoms with Crippen molar-refractivity contribution in [1.29, 1.82) is 0 Å². The first-order valence-corrected chi connectivity index (χ1v) is 6.75. The van der Waals surface area contributed by atoms with Crippen LogP contribution in [0.4, 0.5) is 0 Å². The van der Waals surface area contributed by atoms with Crippen LogP contribution in [0, 0.1) is 11.8 Å². The molecular formula is C13H23NO2. The van der Waals surface area contributed by atoms with Crippen molar-refractivity contribution in [3.8, 4) is 0 Å². The Hall–Kier alpha value is -0.570. The first kappa shape index (κ1) is 11.9. The fraction of sp³-hybridized carbons (Fsp3) is 0.923. The van der Waals surface area contributed by atoms with Gasteiger partial charge in [-0.15, -0.1) is 0 Å². The van der Waals surface area contributed by atoms with Crippen LogP contribution < -0.4 is 5.32 Å². The van der Waals surface area contributed by atoms with Crippen molar-refractivity contribution in [3.63, 3.8) is 0 Å². The zero-order valence-corrected chi connectivity index (χ0v) is 9.95. The maximum Gasteiger partial charge on any atom is 0.308 e. The molecule has 2 N–H and O–H groups in total. The van der Waals surface area contributed by atoms with Crippen LogP contribution in [0.2, 0.25) is 0 Å². The lowest BCUT2D eigenvalue weighted by molar-refractivity contribution is -0.143. The van der Waals surface area contributed by atoms with Crippen LogP contribution in [0.15, 0.2) is 0 Å². The Balaban J connectivity index is 2.03. The van der Waals surface area contributed by atoms with Gasteiger partial charge in [0.15, 0.2) is 0 Å². The van der Waals surface area contributed by atoms with Gasteiger partial charge in [-0.3, -0.25) is 4.79 Å². The maximum atomic E-state index is 11.3. The minimum Gasteiger partial charge on any atom is -0.481 e. The maximum absolute atomic E-state index is 11.3. The molecule has 1 aliphatic heterocycles. The third kappa shape index (κ3) is 2.76. The van der Waals surface area contributed by atoms with E-state index in [0.29, 0.717) is 5.92 Å². The topological polar surface area (TPSA) is 49.3 Å². The highest BCUT2D eigenvalue weighted by atomic mass is 16.4. The zero-order valence-electron chi connectivity index (χ0n) is 9.95. The van der Waals surface area contributed by atoms with Gasteiger partial charge in [-0.2, -0.15) is 0 Å². The van der Waals surface area contributed by atoms with Crippen molar-refractivity contribution >= 4 is 5.97 Å². The highest BCUT2D eigenvalue weighted by molar-refractivity contribution is 5.71. The third-order valence-electron chi connectivity index (χ3n) is 4.23. The Morgan fingerprint density at radius 2 is 1.69 bits per heavy atom. The molecule has 0 radical (unpaired) electrons. The third-order valence-corrected chi connectivity index (χ3v) is 4.23. The summed E-state index contributed by atoms with van der Waals surface area (Å²) in [6.07, 6.45) is 9.41. The second-order valence-electron chi connectivity index (χ2n) is 5.32. The van der Waals surface area contributed by atoms with Gasteiger partial charge in [-0.05, 0) is 38.1 Å². The molecule has 3 heteroatoms. The van der Waals surface area contributed by atoms with Crippen LogP contribution in [-0.4, -0.2) is 23.7 Å². The predicted molar refractivity (Wildman–Crippen MR) is 63.3 cm³/mol. The van der Waals surface area contributed by atoms with E-state index in [0.717, 1.165) is 25.8 Å². The molecule has 1 aliphatic carbocycles. The van der Waals surface area contributed by atoms with E-state index in [1.165, 1.54) is 32.1 Å². The molecular weight excluding hydrogens is 202 g/mol. The second kappa shape index (κ2) is 5.67. The summed E-state index contributed by atoms with van der Waals surface area (Å²) in [5.41, 5.74) is 0. The average Bonchev–Trinajstić information content (AvgIpc) is 2.55. The van der Waals surface area contributed by atoms with Crippen LogP contribution in [-0.2, 0) is 4.79 Å². The number of carbonyl (C=O) groups is 1. The Morgan fingerprint density at radius 1 is 1.00 bits per heavy atom. The highest BCUT2D eigenvalue weighted by Crippen LogP contribution is 2.32. The van der Waals surface area contributed by atoms with Crippen molar-refractivity contribution in [2.24, 2.45) is 11.8 Å². The number of carboxylic acid groups (broad SMARTS) is 1. The fourth-order valence-corrected chi connectivity index (χ4v) is 3.35. The number of carboxylic acids is 1. The summed E-state index contributed by atoms with van der Waals surface area (Å²) >= 11 is 0. The standard InChI is InChI=1S/C13H23NO2/c15-13(16)11-8-4-5-9-14-12(11)10-6-2-1-3-7-10/h10-12,14H,1-9H2,(H,15,16)/t11-,12+/m0/s1. The molecule has 3 nitrogen and oxygen atoms in total. The van der Waals surface area contributed by atoms with Gasteiger partial charge in [0, 0.05) is 6.04 Å². The van der Waals surface area contributed by atoms with Gasteiger partial charge in [0.2, 0.25) is 0 Å². The molecule has 2 aliphatic rings. The van der Waals surface area contributed by atoms with Gasteiger partial charge in [-0.25, -0.2) is 0 Å². The molecule has 16 heavy (non-hydrogen) atoms. The van der Waals surface area contributed by atoms with E-state index in [4.69, 9.17) is 0 Å². The number of aliphatic carboxylic acids is 1. The summed E-state index contributed by atoms with van der Waals surface area (Å²) in [4.78, 5) is 11.3. The van der Waals surface area contributed by atoms with Crippen LogP contribution in [0.25, 0.3) is 0 Å². The molecule has 0 unspecified atom stereocenters. The number of nitrogens with one attached hydrogen (secondary N) is 1. The smallest absolute Gasteiger partial charge is 0.308 e. The van der Waals surface area contributed by atoms with Crippen LogP contribution in [0.3, 0.4) is 0 Å². The molecule has 1 heterocycles. The number of hydrogen-bond acceptors (Lipinski definition) is 2. The summed E-state index contributed by atoms with van der Waals surface area (Å²) in [6, 6.07) is 0.236. The predicted octanol–water partition coefficient (Wildman–Crippen LogP) is 2.41. The Labute approximate surface area is 97.6 Å². The van der Waals surface area contributed by atoms with Gasteiger partial charge in [0.05, 0.1) is 5.92 Å². The molecule has 2 fully saturated rings. The molecule has 1 saturated carbocycles. The normalized spacial score (nSPS) is 33.2. The molecule has 0 spiro atoms. The van der Waals surface area contributed by atoms with Gasteiger partial charge in [-0.1, -0.05) is 25.7 Å². The number of hydrogen-bond donors (Lipinski definition) is 2. The SMILES string of the molecule is O=C(O)[C@H]1CCCCN[C@@H]1C1CCCCC1. The van der Waals surface area contributed by atoms with E-state index in [-0.39, 0.29) is 12.0 Å². The lowest BCUT2D eigenvalue weighted by atomic mass is 9.78. The summed E-state index contributed by atoms with van der Waals surface area (Å²) in [7, 11) is 0. The zero-order chi connectivity index (χ0) is 11.4. The van der Waals surface area contributed by atoms with Gasteiger partial charge >= 0.3 is 5.97 Å². The molecule has 2 atom stereocenters. The lowest BCUT2D eigenvalue weighted by Crippen LogP contribution is -2.45. The fourth-order valence-electron chi connectivity index (χ4n) is 3.35. The Kier molecular flexibility index (Phi) is 4.22. The van der Waals surface area contributed by atoms with Crippen LogP contribution >= 0.6 is 0 Å². The van der Waals surface area contributed by atoms with Gasteiger partial charge in [0.25, 0.3) is 0 Å². The summed E-state index contributed by atoms with van der Waals surface area (Å²) in [5.74, 6) is -0.136. The van der Waals surface area contributed by atoms with Crippen LogP contribution in [0.1, 0.15) is 51.4 Å². The Morgan fingerprint density at radius 3 is 2.38 bits per heavy atom. The molecule has 0 aromatic heterocycles. The van der Waals surface area contributed by atoms with E-state index in [1.54, 1.807) is 0 Å². The van der Waals surface area contributed by atoms with Crippen molar-refractivity contribution in [1.82, 2.24) is 5.32 Å². The van der Waals surface area contributed by atoms with Gasteiger partial charge in [0.1, 0.15) is 0 Å². The van der Waals surface area contributed by atoms with E-state index in [2.05, 4.69) is 5.32 Å². The van der Waals surface area contributed by atoms with E-state index < -0.39 is 5.97 Å². The molecule has 0 bridgehead atoms. The first-order chi connectivity index (χ1) is 7.79. The Bertz CT molecular complexity index is 236. The minimum atomic E-state index is -0.593. The summed E-state index contributed by atoms with van der Waals surface area (Å²) in [5, 5.41) is 12.8. The van der Waals surface area contributed by atoms with Crippen molar-refractivity contribution in [2.45, 2.75) is 57.4 Å². The minimum absolute atomic E-state index is 0.148. The van der Waals surface area contributed by atoms with Crippen molar-refractivity contribution in [2.75, 3.05) is 6.54 Å². The molecule has 1 saturated heterocycles. The van der Waals surface area contributed by atoms with E-state index >= 15 is 0 Å². The highest BCUT2D eigenvalue weighted by Gasteiger charge is 2.35. The summed E-state index contributed by atoms with van der Waals surface area (Å²) in [6.45, 7) is 1.00. The molecule has 0 aromatic carbocycles. The largest absolute Gasteiger partial charge is 0.481 e. The molecule has 2 rings (SSSR count). The van der Waals surface area contributed by atoms with E-state index in [1.807, 2.05) is 0 Å². The number of rotatable bonds is 2. The van der Waals surface area contributed by atoms with E-state index in [9.17, 15) is 9.90 Å². The molecule has 0 aromatic rings.